The molecule has 21 heavy (non-hydrogen) atoms. The van der Waals surface area contributed by atoms with Gasteiger partial charge in [-0.2, -0.15) is 8.78 Å². The molecule has 0 fully saturated rings. The molecule has 3 nitrogen and oxygen atoms in total. The molecule has 0 unspecified atom stereocenters. The third-order valence-electron chi connectivity index (χ3n) is 2.80. The normalized spacial score (nSPS) is 11.6. The van der Waals surface area contributed by atoms with Crippen LogP contribution in [0.3, 0.4) is 0 Å². The zero-order valence-electron chi connectivity index (χ0n) is 12.0. The lowest BCUT2D eigenvalue weighted by Crippen LogP contribution is -2.47. The van der Waals surface area contributed by atoms with Crippen molar-refractivity contribution in [3.8, 4) is 5.75 Å². The van der Waals surface area contributed by atoms with E-state index in [-0.39, 0.29) is 13.2 Å². The van der Waals surface area contributed by atoms with Gasteiger partial charge in [-0.25, -0.2) is 8.78 Å². The van der Waals surface area contributed by atoms with Gasteiger partial charge in [0.1, 0.15) is 12.4 Å². The Morgan fingerprint density at radius 1 is 1.24 bits per heavy atom. The Bertz CT molecular complexity index is 485. The van der Waals surface area contributed by atoms with Crippen LogP contribution in [0, 0.1) is 13.8 Å². The van der Waals surface area contributed by atoms with Crippen LogP contribution in [0.2, 0.25) is 0 Å². The van der Waals surface area contributed by atoms with E-state index in [1.54, 1.807) is 12.1 Å². The maximum absolute atomic E-state index is 12.9. The first-order chi connectivity index (χ1) is 9.64. The molecule has 0 aliphatic rings. The summed E-state index contributed by atoms with van der Waals surface area (Å²) in [7, 11) is 1.03. The van der Waals surface area contributed by atoms with E-state index in [1.165, 1.54) is 0 Å². The minimum Gasteiger partial charge on any atom is -0.492 e. The molecule has 0 radical (unpaired) electrons. The zero-order valence-corrected chi connectivity index (χ0v) is 12.0. The second-order valence-electron chi connectivity index (χ2n) is 4.82. The number of amides is 1. The van der Waals surface area contributed by atoms with Crippen molar-refractivity contribution in [1.82, 2.24) is 4.90 Å². The quantitative estimate of drug-likeness (QED) is 0.756. The Labute approximate surface area is 120 Å². The highest BCUT2D eigenvalue weighted by Gasteiger charge is 2.50. The minimum atomic E-state index is -4.67. The molecule has 1 amide bonds. The van der Waals surface area contributed by atoms with E-state index in [9.17, 15) is 22.4 Å². The zero-order chi connectivity index (χ0) is 16.2. The first kappa shape index (κ1) is 17.3. The van der Waals surface area contributed by atoms with Crippen LogP contribution in [-0.2, 0) is 4.79 Å². The molecule has 0 bridgehead atoms. The van der Waals surface area contributed by atoms with Gasteiger partial charge in [-0.1, -0.05) is 6.07 Å². The van der Waals surface area contributed by atoms with Crippen molar-refractivity contribution in [2.75, 3.05) is 20.2 Å². The summed E-state index contributed by atoms with van der Waals surface area (Å²) in [4.78, 5) is 11.7. The van der Waals surface area contributed by atoms with Crippen LogP contribution in [0.15, 0.2) is 18.2 Å². The second-order valence-corrected chi connectivity index (χ2v) is 4.82. The molecule has 7 heteroatoms. The Hall–Kier alpha value is -1.79. The third kappa shape index (κ3) is 4.61. The molecular weight excluding hydrogens is 290 g/mol. The fraction of sp³-hybridized carbons (Fsp3) is 0.500. The average molecular weight is 307 g/mol. The Morgan fingerprint density at radius 3 is 2.24 bits per heavy atom. The van der Waals surface area contributed by atoms with Crippen molar-refractivity contribution < 1.29 is 27.1 Å². The van der Waals surface area contributed by atoms with Gasteiger partial charge >= 0.3 is 12.3 Å². The van der Waals surface area contributed by atoms with Crippen LogP contribution in [0.5, 0.6) is 5.75 Å². The van der Waals surface area contributed by atoms with Gasteiger partial charge in [0.2, 0.25) is 0 Å². The van der Waals surface area contributed by atoms with E-state index in [0.29, 0.717) is 10.6 Å². The van der Waals surface area contributed by atoms with Crippen molar-refractivity contribution in [1.29, 1.82) is 0 Å². The predicted octanol–water partition coefficient (Wildman–Crippen LogP) is 3.04. The number of ether oxygens (including phenoxy) is 1. The Kier molecular flexibility index (Phi) is 5.57. The monoisotopic (exact) mass is 307 g/mol. The topological polar surface area (TPSA) is 29.5 Å². The number of carbonyl (C=O) groups is 1. The molecule has 0 heterocycles. The van der Waals surface area contributed by atoms with Crippen molar-refractivity contribution >= 4 is 5.91 Å². The van der Waals surface area contributed by atoms with Crippen LogP contribution in [-0.4, -0.2) is 43.4 Å². The van der Waals surface area contributed by atoms with E-state index in [0.717, 1.165) is 18.2 Å². The number of aryl methyl sites for hydroxylation is 2. The first-order valence-corrected chi connectivity index (χ1v) is 6.27. The highest BCUT2D eigenvalue weighted by molar-refractivity contribution is 5.83. The number of hydrogen-bond acceptors (Lipinski definition) is 2. The minimum absolute atomic E-state index is 0.0650. The summed E-state index contributed by atoms with van der Waals surface area (Å²) in [6.45, 7) is 3.47. The SMILES string of the molecule is Cc1cc(C)cc(OCCN(C)C(=O)C(F)(F)C(F)F)c1. The third-order valence-corrected chi connectivity index (χ3v) is 2.80. The Morgan fingerprint density at radius 2 is 1.76 bits per heavy atom. The molecule has 0 aliphatic carbocycles. The number of alkyl halides is 4. The number of hydrogen-bond donors (Lipinski definition) is 0. The molecule has 1 aromatic carbocycles. The molecule has 0 aliphatic heterocycles. The molecule has 0 N–H and O–H groups in total. The molecule has 0 saturated carbocycles. The Balaban J connectivity index is 2.54. The fourth-order valence-corrected chi connectivity index (χ4v) is 1.77. The second kappa shape index (κ2) is 6.78. The number of likely N-dealkylation sites (N-methyl/N-ethyl adjacent to an activating group) is 1. The standard InChI is InChI=1S/C14H17F4NO2/c1-9-6-10(2)8-11(7-9)21-5-4-19(3)13(20)14(17,18)12(15)16/h6-8,12H,4-5H2,1-3H3. The van der Waals surface area contributed by atoms with Crippen molar-refractivity contribution in [2.24, 2.45) is 0 Å². The van der Waals surface area contributed by atoms with E-state index in [2.05, 4.69) is 0 Å². The maximum atomic E-state index is 12.9. The van der Waals surface area contributed by atoms with E-state index < -0.39 is 18.3 Å². The van der Waals surface area contributed by atoms with Crippen LogP contribution >= 0.6 is 0 Å². The number of rotatable bonds is 6. The molecule has 1 rings (SSSR count). The lowest BCUT2D eigenvalue weighted by molar-refractivity contribution is -0.179. The fourth-order valence-electron chi connectivity index (χ4n) is 1.77. The molecule has 0 spiro atoms. The van der Waals surface area contributed by atoms with Gasteiger partial charge in [0.15, 0.2) is 0 Å². The van der Waals surface area contributed by atoms with Gasteiger partial charge in [0.25, 0.3) is 5.91 Å². The summed E-state index contributed by atoms with van der Waals surface area (Å²) >= 11 is 0. The molecule has 1 aromatic rings. The smallest absolute Gasteiger partial charge is 0.383 e. The summed E-state index contributed by atoms with van der Waals surface area (Å²) in [5.41, 5.74) is 1.94. The van der Waals surface area contributed by atoms with Gasteiger partial charge in [0.05, 0.1) is 6.54 Å². The number of carbonyl (C=O) groups excluding carboxylic acids is 1. The van der Waals surface area contributed by atoms with E-state index in [1.807, 2.05) is 19.9 Å². The van der Waals surface area contributed by atoms with Gasteiger partial charge < -0.3 is 9.64 Å². The first-order valence-electron chi connectivity index (χ1n) is 6.27. The van der Waals surface area contributed by atoms with Crippen LogP contribution in [0.1, 0.15) is 11.1 Å². The van der Waals surface area contributed by atoms with E-state index in [4.69, 9.17) is 4.74 Å². The number of halogens is 4. The van der Waals surface area contributed by atoms with Crippen LogP contribution in [0.25, 0.3) is 0 Å². The van der Waals surface area contributed by atoms with Crippen molar-refractivity contribution in [3.05, 3.63) is 29.3 Å². The summed E-state index contributed by atoms with van der Waals surface area (Å²) in [5, 5.41) is 0. The lowest BCUT2D eigenvalue weighted by Gasteiger charge is -2.22. The molecule has 118 valence electrons. The van der Waals surface area contributed by atoms with Crippen molar-refractivity contribution in [3.63, 3.8) is 0 Å². The van der Waals surface area contributed by atoms with Crippen LogP contribution in [0.4, 0.5) is 17.6 Å². The molecular formula is C14H17F4NO2. The van der Waals surface area contributed by atoms with Gasteiger partial charge in [-0.05, 0) is 37.1 Å². The largest absolute Gasteiger partial charge is 0.492 e. The van der Waals surface area contributed by atoms with Gasteiger partial charge in [-0.3, -0.25) is 4.79 Å². The summed E-state index contributed by atoms with van der Waals surface area (Å²) in [6, 6.07) is 5.44. The van der Waals surface area contributed by atoms with Gasteiger partial charge in [0, 0.05) is 7.05 Å². The number of nitrogens with zero attached hydrogens (tertiary/aromatic N) is 1. The average Bonchev–Trinajstić information content (AvgIpc) is 2.36. The highest BCUT2D eigenvalue weighted by atomic mass is 19.3. The van der Waals surface area contributed by atoms with E-state index >= 15 is 0 Å². The summed E-state index contributed by atoms with van der Waals surface area (Å²) in [5.74, 6) is -6.05. The molecule has 0 atom stereocenters. The summed E-state index contributed by atoms with van der Waals surface area (Å²) in [6.07, 6.45) is -4.02. The predicted molar refractivity (Wildman–Crippen MR) is 70.0 cm³/mol. The summed E-state index contributed by atoms with van der Waals surface area (Å²) < 4.78 is 55.2. The lowest BCUT2D eigenvalue weighted by atomic mass is 10.1. The molecule has 0 aromatic heterocycles. The van der Waals surface area contributed by atoms with Gasteiger partial charge in [-0.15, -0.1) is 0 Å². The van der Waals surface area contributed by atoms with Crippen molar-refractivity contribution in [2.45, 2.75) is 26.2 Å². The highest BCUT2D eigenvalue weighted by Crippen LogP contribution is 2.24. The van der Waals surface area contributed by atoms with Crippen LogP contribution < -0.4 is 4.74 Å². The maximum Gasteiger partial charge on any atom is 0.383 e. The molecule has 0 saturated heterocycles. The number of benzene rings is 1.